The van der Waals surface area contributed by atoms with Gasteiger partial charge in [0, 0.05) is 24.8 Å². The van der Waals surface area contributed by atoms with E-state index in [2.05, 4.69) is 20.4 Å². The lowest BCUT2D eigenvalue weighted by atomic mass is 10.3. The fourth-order valence-corrected chi connectivity index (χ4v) is 1.69. The van der Waals surface area contributed by atoms with Crippen molar-refractivity contribution in [1.82, 2.24) is 25.1 Å². The van der Waals surface area contributed by atoms with Crippen LogP contribution in [0.4, 0.5) is 0 Å². The van der Waals surface area contributed by atoms with Gasteiger partial charge in [-0.15, -0.1) is 0 Å². The number of hydrogen-bond donors (Lipinski definition) is 2. The largest absolute Gasteiger partial charge is 0.341 e. The fourth-order valence-electron chi connectivity index (χ4n) is 1.69. The van der Waals surface area contributed by atoms with Crippen molar-refractivity contribution in [2.24, 2.45) is 7.05 Å². The van der Waals surface area contributed by atoms with E-state index in [1.54, 1.807) is 4.68 Å². The van der Waals surface area contributed by atoms with Gasteiger partial charge in [-0.05, 0) is 12.8 Å². The lowest BCUT2D eigenvalue weighted by Crippen LogP contribution is -2.16. The molecule has 0 aromatic carbocycles. The second-order valence-electron chi connectivity index (χ2n) is 4.30. The number of aromatic nitrogens is 4. The minimum Gasteiger partial charge on any atom is -0.341 e. The van der Waals surface area contributed by atoms with Gasteiger partial charge in [-0.3, -0.25) is 4.68 Å². The Morgan fingerprint density at radius 2 is 2.38 bits per heavy atom. The van der Waals surface area contributed by atoms with Crippen molar-refractivity contribution in [1.29, 1.82) is 0 Å². The molecule has 16 heavy (non-hydrogen) atoms. The van der Waals surface area contributed by atoms with Crippen LogP contribution in [-0.2, 0) is 13.6 Å². The molecule has 5 nitrogen and oxygen atoms in total. The third-order valence-electron chi connectivity index (χ3n) is 2.78. The molecule has 0 saturated heterocycles. The number of imidazole rings is 1. The second kappa shape index (κ2) is 3.75. The molecule has 2 N–H and O–H groups in total. The second-order valence-corrected chi connectivity index (χ2v) is 4.30. The van der Waals surface area contributed by atoms with Gasteiger partial charge in [0.05, 0.1) is 24.6 Å². The molecule has 5 heteroatoms. The SMILES string of the molecule is Cn1cc(-c2cnc(CNC3CC3)[nH]2)cn1. The molecule has 0 radical (unpaired) electrons. The molecule has 1 fully saturated rings. The summed E-state index contributed by atoms with van der Waals surface area (Å²) in [5.41, 5.74) is 2.10. The monoisotopic (exact) mass is 217 g/mol. The Hall–Kier alpha value is -1.62. The van der Waals surface area contributed by atoms with E-state index in [1.165, 1.54) is 12.8 Å². The highest BCUT2D eigenvalue weighted by molar-refractivity contribution is 5.55. The van der Waals surface area contributed by atoms with E-state index in [1.807, 2.05) is 25.6 Å². The third kappa shape index (κ3) is 1.99. The van der Waals surface area contributed by atoms with Gasteiger partial charge >= 0.3 is 0 Å². The first-order valence-corrected chi connectivity index (χ1v) is 5.57. The zero-order valence-electron chi connectivity index (χ0n) is 9.27. The van der Waals surface area contributed by atoms with E-state index in [9.17, 15) is 0 Å². The highest BCUT2D eigenvalue weighted by Gasteiger charge is 2.20. The summed E-state index contributed by atoms with van der Waals surface area (Å²) in [6, 6.07) is 0.715. The van der Waals surface area contributed by atoms with Crippen LogP contribution in [-0.4, -0.2) is 25.8 Å². The van der Waals surface area contributed by atoms with E-state index in [0.29, 0.717) is 6.04 Å². The molecule has 2 heterocycles. The van der Waals surface area contributed by atoms with Crippen LogP contribution in [0.3, 0.4) is 0 Å². The van der Waals surface area contributed by atoms with Crippen LogP contribution < -0.4 is 5.32 Å². The molecule has 84 valence electrons. The van der Waals surface area contributed by atoms with E-state index < -0.39 is 0 Å². The van der Waals surface area contributed by atoms with Crippen LogP contribution in [0, 0.1) is 0 Å². The molecule has 0 amide bonds. The molecular weight excluding hydrogens is 202 g/mol. The molecule has 1 aliphatic carbocycles. The number of nitrogens with zero attached hydrogens (tertiary/aromatic N) is 3. The van der Waals surface area contributed by atoms with Crippen molar-refractivity contribution in [3.05, 3.63) is 24.4 Å². The summed E-state index contributed by atoms with van der Waals surface area (Å²) in [6.45, 7) is 0.824. The van der Waals surface area contributed by atoms with Gasteiger partial charge in [0.2, 0.25) is 0 Å². The standard InChI is InChI=1S/C11H15N5/c1-16-7-8(4-14-16)10-5-13-11(15-10)6-12-9-2-3-9/h4-5,7,9,12H,2-3,6H2,1H3,(H,13,15). The quantitative estimate of drug-likeness (QED) is 0.805. The fraction of sp³-hybridized carbons (Fsp3) is 0.455. The molecule has 0 unspecified atom stereocenters. The summed E-state index contributed by atoms with van der Waals surface area (Å²) in [6.07, 6.45) is 8.28. The summed E-state index contributed by atoms with van der Waals surface area (Å²) in [4.78, 5) is 7.65. The van der Waals surface area contributed by atoms with E-state index in [0.717, 1.165) is 23.6 Å². The molecule has 0 spiro atoms. The topological polar surface area (TPSA) is 58.5 Å². The van der Waals surface area contributed by atoms with Crippen molar-refractivity contribution in [3.63, 3.8) is 0 Å². The third-order valence-corrected chi connectivity index (χ3v) is 2.78. The average Bonchev–Trinajstić information content (AvgIpc) is 2.81. The van der Waals surface area contributed by atoms with Crippen LogP contribution in [0.1, 0.15) is 18.7 Å². The first kappa shape index (κ1) is 9.59. The molecule has 1 saturated carbocycles. The summed E-state index contributed by atoms with van der Waals surface area (Å²) < 4.78 is 1.79. The summed E-state index contributed by atoms with van der Waals surface area (Å²) in [5.74, 6) is 0.991. The van der Waals surface area contributed by atoms with Crippen LogP contribution in [0.2, 0.25) is 0 Å². The van der Waals surface area contributed by atoms with Gasteiger partial charge in [0.15, 0.2) is 0 Å². The molecule has 3 rings (SSSR count). The molecule has 0 atom stereocenters. The molecule has 2 aromatic rings. The van der Waals surface area contributed by atoms with Crippen molar-refractivity contribution < 1.29 is 0 Å². The molecule has 0 aliphatic heterocycles. The van der Waals surface area contributed by atoms with Crippen LogP contribution >= 0.6 is 0 Å². The number of H-pyrrole nitrogens is 1. The minimum absolute atomic E-state index is 0.715. The van der Waals surface area contributed by atoms with Crippen molar-refractivity contribution in [3.8, 4) is 11.3 Å². The van der Waals surface area contributed by atoms with Crippen LogP contribution in [0.5, 0.6) is 0 Å². The van der Waals surface area contributed by atoms with Crippen molar-refractivity contribution >= 4 is 0 Å². The Kier molecular flexibility index (Phi) is 2.25. The Balaban J connectivity index is 1.71. The van der Waals surface area contributed by atoms with Gasteiger partial charge in [0.25, 0.3) is 0 Å². The Morgan fingerprint density at radius 1 is 1.50 bits per heavy atom. The minimum atomic E-state index is 0.715. The highest BCUT2D eigenvalue weighted by Crippen LogP contribution is 2.19. The van der Waals surface area contributed by atoms with Gasteiger partial charge in [-0.2, -0.15) is 5.10 Å². The number of nitrogens with one attached hydrogen (secondary N) is 2. The predicted octanol–water partition coefficient (Wildman–Crippen LogP) is 1.06. The van der Waals surface area contributed by atoms with Crippen LogP contribution in [0.15, 0.2) is 18.6 Å². The number of aromatic amines is 1. The molecule has 1 aliphatic rings. The maximum absolute atomic E-state index is 4.35. The number of hydrogen-bond acceptors (Lipinski definition) is 3. The van der Waals surface area contributed by atoms with Gasteiger partial charge < -0.3 is 10.3 Å². The summed E-state index contributed by atoms with van der Waals surface area (Å²) >= 11 is 0. The Labute approximate surface area is 93.9 Å². The first-order chi connectivity index (χ1) is 7.81. The van der Waals surface area contributed by atoms with Crippen LogP contribution in [0.25, 0.3) is 11.3 Å². The zero-order valence-corrected chi connectivity index (χ0v) is 9.27. The maximum Gasteiger partial charge on any atom is 0.120 e. The lowest BCUT2D eigenvalue weighted by Gasteiger charge is -1.97. The molecular formula is C11H15N5. The number of rotatable bonds is 4. The highest BCUT2D eigenvalue weighted by atomic mass is 15.2. The average molecular weight is 217 g/mol. The summed E-state index contributed by atoms with van der Waals surface area (Å²) in [5, 5.41) is 7.57. The van der Waals surface area contributed by atoms with Crippen molar-refractivity contribution in [2.75, 3.05) is 0 Å². The number of aryl methyl sites for hydroxylation is 1. The first-order valence-electron chi connectivity index (χ1n) is 5.57. The van der Waals surface area contributed by atoms with Gasteiger partial charge in [-0.25, -0.2) is 4.98 Å². The van der Waals surface area contributed by atoms with E-state index >= 15 is 0 Å². The van der Waals surface area contributed by atoms with E-state index in [4.69, 9.17) is 0 Å². The van der Waals surface area contributed by atoms with Crippen molar-refractivity contribution in [2.45, 2.75) is 25.4 Å². The van der Waals surface area contributed by atoms with E-state index in [-0.39, 0.29) is 0 Å². The normalized spacial score (nSPS) is 15.6. The maximum atomic E-state index is 4.35. The zero-order chi connectivity index (χ0) is 11.0. The molecule has 2 aromatic heterocycles. The Morgan fingerprint density at radius 3 is 3.06 bits per heavy atom. The van der Waals surface area contributed by atoms with Gasteiger partial charge in [0.1, 0.15) is 5.82 Å². The lowest BCUT2D eigenvalue weighted by molar-refractivity contribution is 0.664. The molecule has 0 bridgehead atoms. The summed E-state index contributed by atoms with van der Waals surface area (Å²) in [7, 11) is 1.91. The smallest absolute Gasteiger partial charge is 0.120 e. The predicted molar refractivity (Wildman–Crippen MR) is 60.7 cm³/mol. The Bertz CT molecular complexity index is 480. The van der Waals surface area contributed by atoms with Gasteiger partial charge in [-0.1, -0.05) is 0 Å².